The number of carbonyl (C=O) groups excluding carboxylic acids is 1. The fraction of sp³-hybridized carbons (Fsp3) is 0.120. The molecule has 0 aliphatic rings. The Morgan fingerprint density at radius 2 is 1.62 bits per heavy atom. The highest BCUT2D eigenvalue weighted by Gasteiger charge is 2.12. The van der Waals surface area contributed by atoms with Crippen LogP contribution in [0.15, 0.2) is 66.9 Å². The highest BCUT2D eigenvalue weighted by Crippen LogP contribution is 2.23. The van der Waals surface area contributed by atoms with Gasteiger partial charge in [0.05, 0.1) is 6.42 Å². The molecular weight excluding hydrogens is 455 g/mol. The van der Waals surface area contributed by atoms with E-state index in [4.69, 9.17) is 11.6 Å². The molecule has 2 aromatic heterocycles. The first-order valence-electron chi connectivity index (χ1n) is 10.5. The lowest BCUT2D eigenvalue weighted by molar-refractivity contribution is -0.115. The molecule has 0 aliphatic heterocycles. The normalized spacial score (nSPS) is 10.6. The summed E-state index contributed by atoms with van der Waals surface area (Å²) < 4.78 is 13.9. The van der Waals surface area contributed by atoms with Crippen molar-refractivity contribution in [1.29, 1.82) is 0 Å². The van der Waals surface area contributed by atoms with E-state index in [1.165, 1.54) is 12.1 Å². The number of nitrogens with zero attached hydrogens (tertiary/aromatic N) is 3. The number of aromatic nitrogens is 3. The van der Waals surface area contributed by atoms with Crippen LogP contribution < -0.4 is 16.0 Å². The van der Waals surface area contributed by atoms with E-state index in [-0.39, 0.29) is 22.9 Å². The Labute approximate surface area is 201 Å². The van der Waals surface area contributed by atoms with Gasteiger partial charge in [-0.2, -0.15) is 0 Å². The first-order valence-corrected chi connectivity index (χ1v) is 10.9. The summed E-state index contributed by atoms with van der Waals surface area (Å²) in [5, 5.41) is 9.39. The highest BCUT2D eigenvalue weighted by atomic mass is 35.5. The van der Waals surface area contributed by atoms with Crippen LogP contribution >= 0.6 is 11.6 Å². The molecule has 0 spiro atoms. The molecule has 2 heterocycles. The van der Waals surface area contributed by atoms with Gasteiger partial charge in [-0.1, -0.05) is 17.7 Å². The summed E-state index contributed by atoms with van der Waals surface area (Å²) in [4.78, 5) is 25.5. The number of anilines is 5. The van der Waals surface area contributed by atoms with Crippen LogP contribution in [0.25, 0.3) is 0 Å². The minimum atomic E-state index is -0.505. The lowest BCUT2D eigenvalue weighted by atomic mass is 10.1. The third-order valence-electron chi connectivity index (χ3n) is 4.85. The summed E-state index contributed by atoms with van der Waals surface area (Å²) in [6.07, 6.45) is 1.58. The van der Waals surface area contributed by atoms with Gasteiger partial charge in [-0.05, 0) is 67.9 Å². The topological polar surface area (TPSA) is 91.8 Å². The Kier molecular flexibility index (Phi) is 6.98. The van der Waals surface area contributed by atoms with E-state index in [0.717, 1.165) is 11.3 Å². The predicted molar refractivity (Wildman–Crippen MR) is 132 cm³/mol. The van der Waals surface area contributed by atoms with Crippen molar-refractivity contribution >= 4 is 46.3 Å². The molecule has 1 amide bonds. The molecule has 3 N–H and O–H groups in total. The number of pyridine rings is 1. The molecule has 4 rings (SSSR count). The van der Waals surface area contributed by atoms with Crippen LogP contribution in [0.5, 0.6) is 0 Å². The summed E-state index contributed by atoms with van der Waals surface area (Å²) in [5.74, 6) is 1.64. The number of rotatable bonds is 7. The van der Waals surface area contributed by atoms with Gasteiger partial charge >= 0.3 is 0 Å². The van der Waals surface area contributed by atoms with Crippen molar-refractivity contribution in [2.24, 2.45) is 0 Å². The average molecular weight is 477 g/mol. The van der Waals surface area contributed by atoms with Gasteiger partial charge in [0.15, 0.2) is 0 Å². The molecule has 0 fully saturated rings. The fourth-order valence-electron chi connectivity index (χ4n) is 3.28. The maximum absolute atomic E-state index is 13.9. The summed E-state index contributed by atoms with van der Waals surface area (Å²) in [6, 6.07) is 17.1. The van der Waals surface area contributed by atoms with Crippen molar-refractivity contribution in [3.63, 3.8) is 0 Å². The first kappa shape index (κ1) is 23.1. The van der Waals surface area contributed by atoms with E-state index >= 15 is 0 Å². The van der Waals surface area contributed by atoms with E-state index < -0.39 is 5.82 Å². The second-order valence-corrected chi connectivity index (χ2v) is 8.06. The second kappa shape index (κ2) is 10.3. The maximum Gasteiger partial charge on any atom is 0.228 e. The summed E-state index contributed by atoms with van der Waals surface area (Å²) in [7, 11) is 0. The standard InChI is InChI=1S/C25H22ClFN6O/c1-15-10-11-28-22(12-15)33-24-14-23(29-16(2)30-24)31-17-6-8-18(9-7-17)32-25(34)13-19-20(26)4-3-5-21(19)27/h3-12,14H,13H2,1-2H3,(H,32,34)(H2,28,29,30,31,33). The number of nitrogens with one attached hydrogen (secondary N) is 3. The van der Waals surface area contributed by atoms with Crippen LogP contribution in [-0.4, -0.2) is 20.9 Å². The van der Waals surface area contributed by atoms with Gasteiger partial charge in [0.25, 0.3) is 0 Å². The van der Waals surface area contributed by atoms with Gasteiger partial charge in [0.2, 0.25) is 5.91 Å². The van der Waals surface area contributed by atoms with E-state index in [9.17, 15) is 9.18 Å². The zero-order chi connectivity index (χ0) is 24.1. The lowest BCUT2D eigenvalue weighted by Gasteiger charge is -2.11. The Morgan fingerprint density at radius 3 is 2.32 bits per heavy atom. The van der Waals surface area contributed by atoms with Crippen molar-refractivity contribution in [3.05, 3.63) is 94.7 Å². The molecule has 34 heavy (non-hydrogen) atoms. The molecule has 4 aromatic rings. The SMILES string of the molecule is Cc1ccnc(Nc2cc(Nc3ccc(NC(=O)Cc4c(F)cccc4Cl)cc3)nc(C)n2)c1. The largest absolute Gasteiger partial charge is 0.340 e. The zero-order valence-corrected chi connectivity index (χ0v) is 19.3. The Morgan fingerprint density at radius 1 is 0.912 bits per heavy atom. The van der Waals surface area contributed by atoms with Crippen LogP contribution in [-0.2, 0) is 11.2 Å². The first-order chi connectivity index (χ1) is 16.4. The van der Waals surface area contributed by atoms with Crippen molar-refractivity contribution in [3.8, 4) is 0 Å². The van der Waals surface area contributed by atoms with Gasteiger partial charge in [-0.25, -0.2) is 19.3 Å². The molecular formula is C25H22ClFN6O. The lowest BCUT2D eigenvalue weighted by Crippen LogP contribution is -2.15. The summed E-state index contributed by atoms with van der Waals surface area (Å²) >= 11 is 6.00. The molecule has 0 aliphatic carbocycles. The molecule has 0 saturated carbocycles. The minimum absolute atomic E-state index is 0.155. The average Bonchev–Trinajstić information content (AvgIpc) is 2.77. The van der Waals surface area contributed by atoms with Crippen LogP contribution in [0, 0.1) is 19.7 Å². The van der Waals surface area contributed by atoms with Crippen molar-refractivity contribution in [1.82, 2.24) is 15.0 Å². The quantitative estimate of drug-likeness (QED) is 0.305. The number of aryl methyl sites for hydroxylation is 2. The van der Waals surface area contributed by atoms with Gasteiger partial charge in [0.1, 0.15) is 29.1 Å². The second-order valence-electron chi connectivity index (χ2n) is 7.66. The smallest absolute Gasteiger partial charge is 0.228 e. The number of halogens is 2. The molecule has 0 unspecified atom stereocenters. The van der Waals surface area contributed by atoms with Crippen molar-refractivity contribution in [2.45, 2.75) is 20.3 Å². The number of hydrogen-bond donors (Lipinski definition) is 3. The Bertz CT molecular complexity index is 1310. The Balaban J connectivity index is 1.40. The molecule has 0 radical (unpaired) electrons. The van der Waals surface area contributed by atoms with Gasteiger partial charge in [-0.3, -0.25) is 4.79 Å². The Hall–Kier alpha value is -4.04. The third kappa shape index (κ3) is 6.05. The summed E-state index contributed by atoms with van der Waals surface area (Å²) in [6.45, 7) is 3.80. The molecule has 9 heteroatoms. The van der Waals surface area contributed by atoms with Gasteiger partial charge < -0.3 is 16.0 Å². The number of amides is 1. The predicted octanol–water partition coefficient (Wildman–Crippen LogP) is 5.95. The van der Waals surface area contributed by atoms with Gasteiger partial charge in [-0.15, -0.1) is 0 Å². The zero-order valence-electron chi connectivity index (χ0n) is 18.6. The molecule has 172 valence electrons. The van der Waals surface area contributed by atoms with Gasteiger partial charge in [0, 0.05) is 34.2 Å². The number of hydrogen-bond acceptors (Lipinski definition) is 6. The summed E-state index contributed by atoms with van der Waals surface area (Å²) in [5.41, 5.74) is 2.61. The molecule has 0 saturated heterocycles. The molecule has 2 aromatic carbocycles. The van der Waals surface area contributed by atoms with Crippen LogP contribution in [0.2, 0.25) is 5.02 Å². The van der Waals surface area contributed by atoms with E-state index in [0.29, 0.717) is 29.0 Å². The minimum Gasteiger partial charge on any atom is -0.340 e. The van der Waals surface area contributed by atoms with Crippen molar-refractivity contribution in [2.75, 3.05) is 16.0 Å². The van der Waals surface area contributed by atoms with Crippen LogP contribution in [0.3, 0.4) is 0 Å². The highest BCUT2D eigenvalue weighted by molar-refractivity contribution is 6.31. The van der Waals surface area contributed by atoms with Crippen molar-refractivity contribution < 1.29 is 9.18 Å². The number of carbonyl (C=O) groups is 1. The molecule has 0 bridgehead atoms. The number of benzene rings is 2. The maximum atomic E-state index is 13.9. The molecule has 0 atom stereocenters. The van der Waals surface area contributed by atoms with E-state index in [1.807, 2.05) is 19.1 Å². The fourth-order valence-corrected chi connectivity index (χ4v) is 3.51. The third-order valence-corrected chi connectivity index (χ3v) is 5.20. The van der Waals surface area contributed by atoms with E-state index in [1.54, 1.807) is 49.5 Å². The van der Waals surface area contributed by atoms with Crippen LogP contribution in [0.4, 0.5) is 33.2 Å². The van der Waals surface area contributed by atoms with Crippen LogP contribution in [0.1, 0.15) is 17.0 Å². The van der Waals surface area contributed by atoms with E-state index in [2.05, 4.69) is 30.9 Å². The molecule has 7 nitrogen and oxygen atoms in total. The monoisotopic (exact) mass is 476 g/mol.